The van der Waals surface area contributed by atoms with Gasteiger partial charge in [0.1, 0.15) is 6.17 Å². The number of aryl methyl sites for hydroxylation is 2. The Balaban J connectivity index is 0.00000148. The molecule has 1 aliphatic rings. The number of nitrogens with zero attached hydrogens (tertiary/aromatic N) is 1. The summed E-state index contributed by atoms with van der Waals surface area (Å²) in [6.45, 7) is 6.55. The molecular formula is C33H37N3. The van der Waals surface area contributed by atoms with E-state index in [2.05, 4.69) is 128 Å². The molecule has 0 saturated heterocycles. The van der Waals surface area contributed by atoms with E-state index >= 15 is 0 Å². The third-order valence-corrected chi connectivity index (χ3v) is 6.76. The lowest BCUT2D eigenvalue weighted by atomic mass is 9.91. The van der Waals surface area contributed by atoms with Gasteiger partial charge in [0.05, 0.1) is 5.69 Å². The number of fused-ring (bicyclic) bond motifs is 1. The topological polar surface area (TPSA) is 55.3 Å². The molecule has 0 spiro atoms. The highest BCUT2D eigenvalue weighted by Crippen LogP contribution is 2.40. The molecule has 0 radical (unpaired) electrons. The van der Waals surface area contributed by atoms with Crippen molar-refractivity contribution >= 4 is 27.7 Å². The molecule has 1 atom stereocenters. The van der Waals surface area contributed by atoms with E-state index in [1.807, 2.05) is 0 Å². The van der Waals surface area contributed by atoms with Crippen LogP contribution in [0.3, 0.4) is 0 Å². The van der Waals surface area contributed by atoms with Crippen LogP contribution in [0.1, 0.15) is 48.2 Å². The molecule has 0 fully saturated rings. The van der Waals surface area contributed by atoms with Gasteiger partial charge in [-0.3, -0.25) is 0 Å². The zero-order valence-electron chi connectivity index (χ0n) is 21.8. The molecule has 1 aliphatic carbocycles. The third kappa shape index (κ3) is 5.28. The van der Waals surface area contributed by atoms with Gasteiger partial charge in [-0.1, -0.05) is 78.4 Å². The first kappa shape index (κ1) is 25.4. The minimum Gasteiger partial charge on any atom is -0.333 e. The Labute approximate surface area is 215 Å². The molecule has 184 valence electrons. The van der Waals surface area contributed by atoms with Crippen LogP contribution in [0.15, 0.2) is 103 Å². The Morgan fingerprint density at radius 3 is 2.14 bits per heavy atom. The van der Waals surface area contributed by atoms with Crippen LogP contribution in [0.5, 0.6) is 0 Å². The summed E-state index contributed by atoms with van der Waals surface area (Å²) in [6.07, 6.45) is 6.43. The number of benzene rings is 4. The number of allylic oxidation sites excluding steroid dienone is 4. The molecule has 1 unspecified atom stereocenters. The standard InChI is InChI=1S/C32H32N2.CH5N/c1-22-18-23(2)20-28(19-22)34(32(33)27-17-16-25-11-5-6-12-26(25)21-27)31-15-9-8-14-30(31)29-13-7-4-10-24(29)3;1-2/h5-9,11-21,32H,4,10,33H2,1-3H3;2H2,1H3. The Kier molecular flexibility index (Phi) is 8.04. The summed E-state index contributed by atoms with van der Waals surface area (Å²) in [4.78, 5) is 2.31. The highest BCUT2D eigenvalue weighted by molar-refractivity contribution is 5.88. The molecule has 0 aromatic heterocycles. The van der Waals surface area contributed by atoms with Crippen LogP contribution in [0, 0.1) is 13.8 Å². The average Bonchev–Trinajstić information content (AvgIpc) is 2.90. The molecule has 4 N–H and O–H groups in total. The molecule has 0 heterocycles. The summed E-state index contributed by atoms with van der Waals surface area (Å²) >= 11 is 0. The number of para-hydroxylation sites is 1. The summed E-state index contributed by atoms with van der Waals surface area (Å²) in [5, 5.41) is 2.43. The maximum absolute atomic E-state index is 7.12. The lowest BCUT2D eigenvalue weighted by molar-refractivity contribution is 0.736. The first-order chi connectivity index (χ1) is 17.5. The fourth-order valence-corrected chi connectivity index (χ4v) is 5.09. The molecular weight excluding hydrogens is 438 g/mol. The Morgan fingerprint density at radius 1 is 0.750 bits per heavy atom. The first-order valence-corrected chi connectivity index (χ1v) is 12.7. The van der Waals surface area contributed by atoms with Gasteiger partial charge in [-0.25, -0.2) is 0 Å². The molecule has 36 heavy (non-hydrogen) atoms. The maximum Gasteiger partial charge on any atom is 0.108 e. The van der Waals surface area contributed by atoms with Gasteiger partial charge in [0.25, 0.3) is 0 Å². The van der Waals surface area contributed by atoms with E-state index in [-0.39, 0.29) is 6.17 Å². The number of hydrogen-bond acceptors (Lipinski definition) is 3. The van der Waals surface area contributed by atoms with Gasteiger partial charge in [0.15, 0.2) is 0 Å². The fourth-order valence-electron chi connectivity index (χ4n) is 5.09. The summed E-state index contributed by atoms with van der Waals surface area (Å²) in [6, 6.07) is 30.4. The maximum atomic E-state index is 7.12. The number of anilines is 2. The van der Waals surface area contributed by atoms with Gasteiger partial charge in [-0.2, -0.15) is 0 Å². The Hall–Kier alpha value is -3.66. The first-order valence-electron chi connectivity index (χ1n) is 12.7. The van der Waals surface area contributed by atoms with Crippen molar-refractivity contribution in [3.63, 3.8) is 0 Å². The van der Waals surface area contributed by atoms with E-state index < -0.39 is 0 Å². The van der Waals surface area contributed by atoms with Crippen LogP contribution in [-0.2, 0) is 0 Å². The van der Waals surface area contributed by atoms with Gasteiger partial charge < -0.3 is 16.4 Å². The summed E-state index contributed by atoms with van der Waals surface area (Å²) in [7, 11) is 1.50. The van der Waals surface area contributed by atoms with Gasteiger partial charge in [-0.15, -0.1) is 0 Å². The van der Waals surface area contributed by atoms with E-state index in [0.29, 0.717) is 0 Å². The second-order valence-electron chi connectivity index (χ2n) is 9.42. The fraction of sp³-hybridized carbons (Fsp3) is 0.212. The van der Waals surface area contributed by atoms with E-state index in [1.54, 1.807) is 0 Å². The SMILES string of the molecule is CC1=C(c2ccccc2N(c2cc(C)cc(C)c2)C(N)c2ccc3ccccc3c2)C=CCC1.CN. The molecule has 3 nitrogen and oxygen atoms in total. The quantitative estimate of drug-likeness (QED) is 0.288. The van der Waals surface area contributed by atoms with Gasteiger partial charge >= 0.3 is 0 Å². The van der Waals surface area contributed by atoms with Crippen LogP contribution < -0.4 is 16.4 Å². The van der Waals surface area contributed by atoms with E-state index in [0.717, 1.165) is 29.8 Å². The number of hydrogen-bond donors (Lipinski definition) is 2. The molecule has 0 amide bonds. The van der Waals surface area contributed by atoms with E-state index in [4.69, 9.17) is 5.73 Å². The molecule has 3 heteroatoms. The van der Waals surface area contributed by atoms with Crippen molar-refractivity contribution in [2.24, 2.45) is 11.5 Å². The van der Waals surface area contributed by atoms with Crippen LogP contribution in [-0.4, -0.2) is 7.05 Å². The van der Waals surface area contributed by atoms with Gasteiger partial charge in [0, 0.05) is 11.3 Å². The van der Waals surface area contributed by atoms with Crippen molar-refractivity contribution in [2.45, 2.75) is 39.8 Å². The molecule has 0 bridgehead atoms. The highest BCUT2D eigenvalue weighted by Gasteiger charge is 2.24. The van der Waals surface area contributed by atoms with Crippen molar-refractivity contribution in [3.8, 4) is 0 Å². The van der Waals surface area contributed by atoms with Crippen molar-refractivity contribution < 1.29 is 0 Å². The van der Waals surface area contributed by atoms with Gasteiger partial charge in [0.2, 0.25) is 0 Å². The molecule has 5 rings (SSSR count). The Morgan fingerprint density at radius 2 is 1.42 bits per heavy atom. The van der Waals surface area contributed by atoms with Crippen molar-refractivity contribution in [3.05, 3.63) is 125 Å². The minimum atomic E-state index is -0.333. The summed E-state index contributed by atoms with van der Waals surface area (Å²) < 4.78 is 0. The van der Waals surface area contributed by atoms with Crippen LogP contribution in [0.2, 0.25) is 0 Å². The second kappa shape index (κ2) is 11.4. The van der Waals surface area contributed by atoms with Gasteiger partial charge in [-0.05, 0) is 98.0 Å². The monoisotopic (exact) mass is 475 g/mol. The van der Waals surface area contributed by atoms with Crippen molar-refractivity contribution in [1.82, 2.24) is 0 Å². The van der Waals surface area contributed by atoms with Crippen molar-refractivity contribution in [2.75, 3.05) is 11.9 Å². The largest absolute Gasteiger partial charge is 0.333 e. The minimum absolute atomic E-state index is 0.333. The number of rotatable bonds is 5. The highest BCUT2D eigenvalue weighted by atomic mass is 15.2. The molecule has 4 aromatic carbocycles. The number of nitrogens with two attached hydrogens (primary N) is 2. The normalized spacial score (nSPS) is 13.8. The lowest BCUT2D eigenvalue weighted by Crippen LogP contribution is -2.31. The van der Waals surface area contributed by atoms with Crippen LogP contribution in [0.4, 0.5) is 11.4 Å². The molecule has 0 saturated carbocycles. The van der Waals surface area contributed by atoms with E-state index in [9.17, 15) is 0 Å². The average molecular weight is 476 g/mol. The predicted molar refractivity (Wildman–Crippen MR) is 156 cm³/mol. The summed E-state index contributed by atoms with van der Waals surface area (Å²) in [5.41, 5.74) is 21.4. The molecule has 4 aromatic rings. The van der Waals surface area contributed by atoms with Crippen LogP contribution in [0.25, 0.3) is 16.3 Å². The zero-order chi connectivity index (χ0) is 25.7. The predicted octanol–water partition coefficient (Wildman–Crippen LogP) is 7.95. The van der Waals surface area contributed by atoms with E-state index in [1.165, 1.54) is 45.7 Å². The second-order valence-corrected chi connectivity index (χ2v) is 9.42. The zero-order valence-corrected chi connectivity index (χ0v) is 21.8. The Bertz CT molecular complexity index is 1390. The lowest BCUT2D eigenvalue weighted by Gasteiger charge is -2.34. The molecule has 0 aliphatic heterocycles. The smallest absolute Gasteiger partial charge is 0.108 e. The summed E-state index contributed by atoms with van der Waals surface area (Å²) in [5.74, 6) is 0. The van der Waals surface area contributed by atoms with Crippen molar-refractivity contribution in [1.29, 1.82) is 0 Å². The third-order valence-electron chi connectivity index (χ3n) is 6.76. The van der Waals surface area contributed by atoms with Crippen LogP contribution >= 0.6 is 0 Å².